The summed E-state index contributed by atoms with van der Waals surface area (Å²) in [5.74, 6) is 1.31. The van der Waals surface area contributed by atoms with Crippen molar-refractivity contribution in [1.82, 2.24) is 0 Å². The lowest BCUT2D eigenvalue weighted by Crippen LogP contribution is -2.11. The molecule has 2 heteroatoms. The van der Waals surface area contributed by atoms with Gasteiger partial charge in [0.2, 0.25) is 0 Å². The van der Waals surface area contributed by atoms with Crippen molar-refractivity contribution >= 4 is 34.1 Å². The second-order valence-corrected chi connectivity index (χ2v) is 17.2. The van der Waals surface area contributed by atoms with Crippen LogP contribution in [-0.4, -0.2) is 0 Å². The zero-order valence-corrected chi connectivity index (χ0v) is 35.5. The first-order valence-corrected chi connectivity index (χ1v) is 22.5. The molecule has 3 aliphatic rings. The molecule has 304 valence electrons. The Morgan fingerprint density at radius 3 is 1.36 bits per heavy atom. The minimum Gasteiger partial charge on any atom is -0.310 e. The Labute approximate surface area is 376 Å². The molecule has 0 aromatic heterocycles. The average molecular weight is 819 g/mol. The van der Waals surface area contributed by atoms with Crippen molar-refractivity contribution in [1.29, 1.82) is 0 Å². The first kappa shape index (κ1) is 37.8. The van der Waals surface area contributed by atoms with Gasteiger partial charge in [-0.25, -0.2) is 0 Å². The van der Waals surface area contributed by atoms with Crippen LogP contribution in [0, 0.1) is 5.92 Å². The number of anilines is 6. The van der Waals surface area contributed by atoms with E-state index in [9.17, 15) is 0 Å². The van der Waals surface area contributed by atoms with Gasteiger partial charge >= 0.3 is 0 Å². The molecule has 12 rings (SSSR count). The van der Waals surface area contributed by atoms with E-state index in [1.54, 1.807) is 0 Å². The highest BCUT2D eigenvalue weighted by Crippen LogP contribution is 2.54. The van der Waals surface area contributed by atoms with Crippen LogP contribution in [0.5, 0.6) is 0 Å². The molecular weight excluding hydrogens is 773 g/mol. The Hall–Kier alpha value is -7.94. The van der Waals surface area contributed by atoms with Crippen LogP contribution in [0.4, 0.5) is 34.1 Å². The molecule has 0 radical (unpaired) electrons. The summed E-state index contributed by atoms with van der Waals surface area (Å²) in [6.07, 6.45) is 9.25. The number of nitrogens with zero attached hydrogens (tertiary/aromatic N) is 2. The van der Waals surface area contributed by atoms with Crippen LogP contribution in [0.15, 0.2) is 255 Å². The number of allylic oxidation sites excluding steroid dienone is 4. The standard InChI is InChI=1S/C62H46N2/c1-5-17-45(18-6-1)61-55-27-15-13-25-53(55)59-41-51(37-39-57(59)61)63(47-21-9-3-10-22-47)49-33-29-43(30-34-49)44-31-35-50(36-32-44)64(48-23-11-4-12-24-48)52-38-40-58-60(42-52)54-26-14-16-28-56(54)62(58)46-19-7-2-8-20-46/h1-42,53,55,61-62H. The Balaban J connectivity index is 0.872. The first-order valence-electron chi connectivity index (χ1n) is 22.5. The molecule has 0 N–H and O–H groups in total. The zero-order chi connectivity index (χ0) is 42.4. The summed E-state index contributed by atoms with van der Waals surface area (Å²) in [5, 5.41) is 0. The summed E-state index contributed by atoms with van der Waals surface area (Å²) in [4.78, 5) is 4.78. The van der Waals surface area contributed by atoms with Crippen LogP contribution < -0.4 is 9.80 Å². The van der Waals surface area contributed by atoms with Gasteiger partial charge in [0.1, 0.15) is 0 Å². The third kappa shape index (κ3) is 6.58. The van der Waals surface area contributed by atoms with Gasteiger partial charge in [-0.05, 0) is 134 Å². The Kier molecular flexibility index (Phi) is 9.49. The van der Waals surface area contributed by atoms with Crippen LogP contribution >= 0.6 is 0 Å². The van der Waals surface area contributed by atoms with Crippen LogP contribution in [0.3, 0.4) is 0 Å². The van der Waals surface area contributed by atoms with Gasteiger partial charge < -0.3 is 9.80 Å². The SMILES string of the molecule is C1=CC2c3cc(N(c4ccccc4)c4ccc(-c5ccc(N(c6ccccc6)c6ccc7c(c6)-c6ccccc6C7c6ccccc6)cc5)cc4)ccc3C(c3ccccc3)C2C=C1. The molecule has 0 fully saturated rings. The quantitative estimate of drug-likeness (QED) is 0.143. The second-order valence-electron chi connectivity index (χ2n) is 17.2. The van der Waals surface area contributed by atoms with Crippen molar-refractivity contribution in [2.45, 2.75) is 17.8 Å². The minimum atomic E-state index is 0.220. The van der Waals surface area contributed by atoms with Crippen LogP contribution in [-0.2, 0) is 0 Å². The summed E-state index contributed by atoms with van der Waals surface area (Å²) < 4.78 is 0. The molecule has 9 aromatic rings. The number of rotatable bonds is 9. The number of hydrogen-bond donors (Lipinski definition) is 0. The van der Waals surface area contributed by atoms with E-state index in [2.05, 4.69) is 265 Å². The van der Waals surface area contributed by atoms with Crippen molar-refractivity contribution < 1.29 is 0 Å². The second kappa shape index (κ2) is 16.1. The molecule has 2 nitrogen and oxygen atoms in total. The van der Waals surface area contributed by atoms with Crippen molar-refractivity contribution in [3.05, 3.63) is 288 Å². The lowest BCUT2D eigenvalue weighted by atomic mass is 9.80. The molecule has 0 bridgehead atoms. The van der Waals surface area contributed by atoms with Gasteiger partial charge in [-0.3, -0.25) is 0 Å². The lowest BCUT2D eigenvalue weighted by Gasteiger charge is -2.27. The largest absolute Gasteiger partial charge is 0.310 e. The molecular formula is C62H46N2. The van der Waals surface area contributed by atoms with Gasteiger partial charge in [0.15, 0.2) is 0 Å². The Morgan fingerprint density at radius 2 is 0.750 bits per heavy atom. The normalized spacial score (nSPS) is 17.6. The van der Waals surface area contributed by atoms with Crippen molar-refractivity contribution in [2.24, 2.45) is 5.92 Å². The molecule has 3 aliphatic carbocycles. The van der Waals surface area contributed by atoms with Gasteiger partial charge in [0.05, 0.1) is 0 Å². The molecule has 0 saturated heterocycles. The Bertz CT molecular complexity index is 3150. The monoisotopic (exact) mass is 818 g/mol. The molecule has 9 aromatic carbocycles. The average Bonchev–Trinajstić information content (AvgIpc) is 3.88. The molecule has 0 aliphatic heterocycles. The van der Waals surface area contributed by atoms with Crippen LogP contribution in [0.2, 0.25) is 0 Å². The summed E-state index contributed by atoms with van der Waals surface area (Å²) in [7, 11) is 0. The maximum atomic E-state index is 2.44. The third-order valence-electron chi connectivity index (χ3n) is 13.7. The molecule has 0 saturated carbocycles. The molecule has 0 spiro atoms. The fraction of sp³-hybridized carbons (Fsp3) is 0.0645. The molecule has 0 amide bonds. The summed E-state index contributed by atoms with van der Waals surface area (Å²) in [6.45, 7) is 0. The van der Waals surface area contributed by atoms with E-state index >= 15 is 0 Å². The maximum Gasteiger partial charge on any atom is 0.0468 e. The topological polar surface area (TPSA) is 6.48 Å². The Morgan fingerprint density at radius 1 is 0.297 bits per heavy atom. The first-order chi connectivity index (χ1) is 31.8. The van der Waals surface area contributed by atoms with Crippen molar-refractivity contribution in [3.8, 4) is 22.3 Å². The summed E-state index contributed by atoms with van der Waals surface area (Å²) in [5.41, 5.74) is 20.1. The van der Waals surface area contributed by atoms with Gasteiger partial charge in [-0.15, -0.1) is 0 Å². The van der Waals surface area contributed by atoms with Gasteiger partial charge in [0, 0.05) is 51.9 Å². The summed E-state index contributed by atoms with van der Waals surface area (Å²) in [6, 6.07) is 84.6. The van der Waals surface area contributed by atoms with E-state index in [4.69, 9.17) is 0 Å². The molecule has 64 heavy (non-hydrogen) atoms. The van der Waals surface area contributed by atoms with E-state index in [0.717, 1.165) is 28.4 Å². The van der Waals surface area contributed by atoms with E-state index < -0.39 is 0 Å². The van der Waals surface area contributed by atoms with E-state index in [-0.39, 0.29) is 5.92 Å². The van der Waals surface area contributed by atoms with E-state index in [1.807, 2.05) is 0 Å². The fourth-order valence-corrected chi connectivity index (χ4v) is 10.8. The highest BCUT2D eigenvalue weighted by molar-refractivity contribution is 5.87. The zero-order valence-electron chi connectivity index (χ0n) is 35.5. The highest BCUT2D eigenvalue weighted by atomic mass is 15.1. The van der Waals surface area contributed by atoms with Gasteiger partial charge in [-0.1, -0.05) is 182 Å². The lowest BCUT2D eigenvalue weighted by molar-refractivity contribution is 0.567. The number of para-hydroxylation sites is 2. The predicted molar refractivity (Wildman–Crippen MR) is 267 cm³/mol. The number of fused-ring (bicyclic) bond motifs is 6. The minimum absolute atomic E-state index is 0.220. The van der Waals surface area contributed by atoms with Crippen molar-refractivity contribution in [3.63, 3.8) is 0 Å². The van der Waals surface area contributed by atoms with E-state index in [1.165, 1.54) is 61.3 Å². The van der Waals surface area contributed by atoms with Crippen LogP contribution in [0.25, 0.3) is 22.3 Å². The van der Waals surface area contributed by atoms with E-state index in [0.29, 0.717) is 17.8 Å². The predicted octanol–water partition coefficient (Wildman–Crippen LogP) is 16.4. The van der Waals surface area contributed by atoms with Crippen LogP contribution in [0.1, 0.15) is 51.1 Å². The summed E-state index contributed by atoms with van der Waals surface area (Å²) >= 11 is 0. The smallest absolute Gasteiger partial charge is 0.0468 e. The molecule has 0 heterocycles. The fourth-order valence-electron chi connectivity index (χ4n) is 10.8. The van der Waals surface area contributed by atoms with Gasteiger partial charge in [0.25, 0.3) is 0 Å². The molecule has 4 atom stereocenters. The number of hydrogen-bond acceptors (Lipinski definition) is 2. The molecule has 4 unspecified atom stereocenters. The van der Waals surface area contributed by atoms with Gasteiger partial charge in [-0.2, -0.15) is 0 Å². The third-order valence-corrected chi connectivity index (χ3v) is 13.7. The highest BCUT2D eigenvalue weighted by Gasteiger charge is 2.40. The maximum absolute atomic E-state index is 2.44. The van der Waals surface area contributed by atoms with Crippen molar-refractivity contribution in [2.75, 3.05) is 9.80 Å². The number of benzene rings is 9.